The van der Waals surface area contributed by atoms with Crippen molar-refractivity contribution in [3.8, 4) is 0 Å². The molecule has 0 aliphatic heterocycles. The van der Waals surface area contributed by atoms with Gasteiger partial charge in [-0.3, -0.25) is 4.79 Å². The van der Waals surface area contributed by atoms with Crippen molar-refractivity contribution in [3.63, 3.8) is 0 Å². The van der Waals surface area contributed by atoms with Crippen molar-refractivity contribution in [1.29, 1.82) is 0 Å². The highest BCUT2D eigenvalue weighted by Gasteiger charge is 2.30. The summed E-state index contributed by atoms with van der Waals surface area (Å²) in [5, 5.41) is 1.93. The minimum atomic E-state index is -3.44. The predicted molar refractivity (Wildman–Crippen MR) is 58.9 cm³/mol. The van der Waals surface area contributed by atoms with E-state index in [-0.39, 0.29) is 11.8 Å². The Labute approximate surface area is 95.6 Å². The first-order valence-electron chi connectivity index (χ1n) is 4.57. The van der Waals surface area contributed by atoms with E-state index in [1.807, 2.05) is 0 Å². The van der Waals surface area contributed by atoms with Crippen LogP contribution in [0.2, 0.25) is 5.02 Å². The Balaban J connectivity index is 2.61. The van der Waals surface area contributed by atoms with Gasteiger partial charge in [0.05, 0.1) is 0 Å². The Morgan fingerprint density at radius 3 is 2.38 bits per heavy atom. The number of benzene rings is 2. The Hall–Kier alpha value is -1.48. The first-order chi connectivity index (χ1) is 7.53. The second-order valence-corrected chi connectivity index (χ2v) is 3.88. The van der Waals surface area contributed by atoms with Gasteiger partial charge in [0.25, 0.3) is 0 Å². The molecule has 0 bridgehead atoms. The number of fused-ring (bicyclic) bond motifs is 1. The van der Waals surface area contributed by atoms with E-state index in [0.717, 1.165) is 5.39 Å². The first kappa shape index (κ1) is 11.0. The summed E-state index contributed by atoms with van der Waals surface area (Å²) in [4.78, 5) is 10.2. The Morgan fingerprint density at radius 1 is 1.06 bits per heavy atom. The first-order valence-corrected chi connectivity index (χ1v) is 4.95. The molecular weight excluding hydrogens is 234 g/mol. The molecule has 2 aromatic carbocycles. The number of aldehydes is 1. The average molecular weight is 241 g/mol. The van der Waals surface area contributed by atoms with E-state index in [1.54, 1.807) is 18.2 Å². The van der Waals surface area contributed by atoms with Gasteiger partial charge in [-0.15, -0.1) is 0 Å². The zero-order chi connectivity index (χ0) is 11.8. The van der Waals surface area contributed by atoms with Crippen LogP contribution in [-0.2, 0) is 10.7 Å². The number of hydrogen-bond acceptors (Lipinski definition) is 1. The molecule has 0 fully saturated rings. The fourth-order valence-corrected chi connectivity index (χ4v) is 1.67. The van der Waals surface area contributed by atoms with Crippen LogP contribution in [-0.4, -0.2) is 6.29 Å². The number of alkyl halides is 2. The molecular formula is C12H7ClF2O. The predicted octanol–water partition coefficient (Wildman–Crippen LogP) is 3.78. The van der Waals surface area contributed by atoms with Crippen LogP contribution in [0, 0.1) is 0 Å². The Morgan fingerprint density at radius 2 is 1.69 bits per heavy atom. The molecule has 0 saturated carbocycles. The summed E-state index contributed by atoms with van der Waals surface area (Å²) in [6.45, 7) is 0. The van der Waals surface area contributed by atoms with E-state index in [9.17, 15) is 13.6 Å². The minimum absolute atomic E-state index is 0.308. The molecule has 0 aromatic heterocycles. The van der Waals surface area contributed by atoms with E-state index in [0.29, 0.717) is 10.4 Å². The highest BCUT2D eigenvalue weighted by molar-refractivity contribution is 6.31. The van der Waals surface area contributed by atoms with Crippen LogP contribution in [0.5, 0.6) is 0 Å². The lowest BCUT2D eigenvalue weighted by atomic mass is 10.0. The van der Waals surface area contributed by atoms with E-state index in [1.165, 1.54) is 18.2 Å². The molecule has 0 heterocycles. The van der Waals surface area contributed by atoms with Crippen molar-refractivity contribution in [2.45, 2.75) is 5.92 Å². The topological polar surface area (TPSA) is 17.1 Å². The highest BCUT2D eigenvalue weighted by Crippen LogP contribution is 2.29. The monoisotopic (exact) mass is 240 g/mol. The summed E-state index contributed by atoms with van der Waals surface area (Å²) in [5.41, 5.74) is -0.308. The molecule has 1 nitrogen and oxygen atoms in total. The van der Waals surface area contributed by atoms with Crippen LogP contribution in [0.3, 0.4) is 0 Å². The van der Waals surface area contributed by atoms with Gasteiger partial charge in [-0.2, -0.15) is 8.78 Å². The van der Waals surface area contributed by atoms with E-state index >= 15 is 0 Å². The largest absolute Gasteiger partial charge is 0.327 e. The fourth-order valence-electron chi connectivity index (χ4n) is 1.49. The Kier molecular flexibility index (Phi) is 2.64. The van der Waals surface area contributed by atoms with Gasteiger partial charge in [0.1, 0.15) is 0 Å². The number of carbonyl (C=O) groups is 1. The molecule has 16 heavy (non-hydrogen) atoms. The summed E-state index contributed by atoms with van der Waals surface area (Å²) in [7, 11) is 0. The molecule has 0 spiro atoms. The van der Waals surface area contributed by atoms with Gasteiger partial charge in [-0.25, -0.2) is 0 Å². The van der Waals surface area contributed by atoms with Crippen LogP contribution >= 0.6 is 11.6 Å². The lowest BCUT2D eigenvalue weighted by Crippen LogP contribution is -2.14. The van der Waals surface area contributed by atoms with Crippen LogP contribution < -0.4 is 0 Å². The summed E-state index contributed by atoms with van der Waals surface area (Å²) in [5.74, 6) is -3.44. The van der Waals surface area contributed by atoms with E-state index in [2.05, 4.69) is 0 Å². The third-order valence-corrected chi connectivity index (χ3v) is 2.57. The highest BCUT2D eigenvalue weighted by atomic mass is 35.5. The van der Waals surface area contributed by atoms with Crippen LogP contribution in [0.4, 0.5) is 8.78 Å². The number of rotatable bonds is 2. The average Bonchev–Trinajstić information content (AvgIpc) is 2.28. The molecule has 0 unspecified atom stereocenters. The molecule has 2 aromatic rings. The maximum atomic E-state index is 13.1. The van der Waals surface area contributed by atoms with Gasteiger partial charge in [0, 0.05) is 10.6 Å². The third-order valence-electron chi connectivity index (χ3n) is 2.34. The number of carbonyl (C=O) groups excluding carboxylic acids is 1. The van der Waals surface area contributed by atoms with E-state index < -0.39 is 5.92 Å². The van der Waals surface area contributed by atoms with Gasteiger partial charge in [-0.1, -0.05) is 29.8 Å². The molecule has 0 radical (unpaired) electrons. The van der Waals surface area contributed by atoms with Crippen molar-refractivity contribution < 1.29 is 13.6 Å². The van der Waals surface area contributed by atoms with Crippen molar-refractivity contribution in [1.82, 2.24) is 0 Å². The number of halogens is 3. The lowest BCUT2D eigenvalue weighted by Gasteiger charge is -2.10. The Bertz CT molecular complexity index is 552. The van der Waals surface area contributed by atoms with Gasteiger partial charge in [0.2, 0.25) is 0 Å². The van der Waals surface area contributed by atoms with Crippen LogP contribution in [0.25, 0.3) is 10.8 Å². The van der Waals surface area contributed by atoms with Crippen LogP contribution in [0.15, 0.2) is 36.4 Å². The summed E-state index contributed by atoms with van der Waals surface area (Å²) in [6, 6.07) is 8.98. The zero-order valence-electron chi connectivity index (χ0n) is 8.08. The van der Waals surface area contributed by atoms with Gasteiger partial charge >= 0.3 is 5.92 Å². The maximum absolute atomic E-state index is 13.1. The van der Waals surface area contributed by atoms with E-state index in [4.69, 9.17) is 11.6 Å². The quantitative estimate of drug-likeness (QED) is 0.730. The molecule has 0 atom stereocenters. The summed E-state index contributed by atoms with van der Waals surface area (Å²) in [6.07, 6.45) is -0.357. The summed E-state index contributed by atoms with van der Waals surface area (Å²) >= 11 is 5.77. The zero-order valence-corrected chi connectivity index (χ0v) is 8.84. The van der Waals surface area contributed by atoms with Crippen molar-refractivity contribution in [2.24, 2.45) is 0 Å². The second kappa shape index (κ2) is 3.83. The lowest BCUT2D eigenvalue weighted by molar-refractivity contribution is -0.130. The third kappa shape index (κ3) is 1.91. The molecule has 0 N–H and O–H groups in total. The molecule has 0 aliphatic carbocycles. The van der Waals surface area contributed by atoms with Gasteiger partial charge < -0.3 is 0 Å². The standard InChI is InChI=1S/C12H7ClF2O/c13-11-4-2-8-5-10(12(14,15)7-16)3-1-9(8)6-11/h1-7H. The van der Waals surface area contributed by atoms with Gasteiger partial charge in [0.15, 0.2) is 6.29 Å². The maximum Gasteiger partial charge on any atom is 0.327 e. The molecule has 82 valence electrons. The van der Waals surface area contributed by atoms with Gasteiger partial charge in [-0.05, 0) is 29.0 Å². The van der Waals surface area contributed by atoms with Crippen molar-refractivity contribution >= 4 is 28.7 Å². The SMILES string of the molecule is O=CC(F)(F)c1ccc2cc(Cl)ccc2c1. The van der Waals surface area contributed by atoms with Crippen molar-refractivity contribution in [3.05, 3.63) is 47.0 Å². The molecule has 0 saturated heterocycles. The molecule has 0 aliphatic rings. The normalized spacial score (nSPS) is 11.7. The smallest absolute Gasteiger partial charge is 0.296 e. The van der Waals surface area contributed by atoms with Crippen LogP contribution in [0.1, 0.15) is 5.56 Å². The minimum Gasteiger partial charge on any atom is -0.296 e. The summed E-state index contributed by atoms with van der Waals surface area (Å²) < 4.78 is 26.2. The molecule has 0 amide bonds. The molecule has 4 heteroatoms. The number of hydrogen-bond donors (Lipinski definition) is 0. The fraction of sp³-hybridized carbons (Fsp3) is 0.0833. The van der Waals surface area contributed by atoms with Crippen molar-refractivity contribution in [2.75, 3.05) is 0 Å². The molecule has 2 rings (SSSR count). The second-order valence-electron chi connectivity index (χ2n) is 3.45.